The maximum Gasteiger partial charge on any atom is 0.417 e. The normalized spacial score (nSPS) is 11.5. The van der Waals surface area contributed by atoms with Gasteiger partial charge in [-0.15, -0.1) is 11.8 Å². The summed E-state index contributed by atoms with van der Waals surface area (Å²) in [6.45, 7) is 0.282. The van der Waals surface area contributed by atoms with Crippen LogP contribution in [-0.2, 0) is 17.4 Å². The van der Waals surface area contributed by atoms with Gasteiger partial charge in [0.2, 0.25) is 5.91 Å². The third kappa shape index (κ3) is 5.94. The van der Waals surface area contributed by atoms with Crippen molar-refractivity contribution in [1.82, 2.24) is 10.3 Å². The summed E-state index contributed by atoms with van der Waals surface area (Å²) in [5.41, 5.74) is -0.370. The number of amides is 1. The summed E-state index contributed by atoms with van der Waals surface area (Å²) in [5, 5.41) is 3.68. The Morgan fingerprint density at radius 1 is 1.15 bits per heavy atom. The number of hydrogen-bond donors (Lipinski definition) is 1. The Bertz CT molecular complexity index is 783. The Labute approximate surface area is 167 Å². The molecule has 0 atom stereocenters. The number of aromatic nitrogens is 1. The molecule has 26 heavy (non-hydrogen) atoms. The van der Waals surface area contributed by atoms with Gasteiger partial charge in [0.1, 0.15) is 5.03 Å². The summed E-state index contributed by atoms with van der Waals surface area (Å²) < 4.78 is 37.7. The molecule has 1 aromatic heterocycles. The highest BCUT2D eigenvalue weighted by Gasteiger charge is 2.31. The second-order valence-electron chi connectivity index (χ2n) is 5.08. The van der Waals surface area contributed by atoms with Gasteiger partial charge in [0.25, 0.3) is 0 Å². The van der Waals surface area contributed by atoms with Gasteiger partial charge in [-0.25, -0.2) is 4.98 Å². The van der Waals surface area contributed by atoms with E-state index in [0.29, 0.717) is 21.4 Å². The highest BCUT2D eigenvalue weighted by atomic mass is 35.5. The summed E-state index contributed by atoms with van der Waals surface area (Å²) in [7, 11) is 0. The maximum absolute atomic E-state index is 12.6. The molecule has 0 aliphatic rings. The summed E-state index contributed by atoms with van der Waals surface area (Å²) in [6, 6.07) is 5.80. The topological polar surface area (TPSA) is 42.0 Å². The zero-order valence-corrected chi connectivity index (χ0v) is 16.1. The fraction of sp³-hybridized carbons (Fsp3) is 0.250. The van der Waals surface area contributed by atoms with Gasteiger partial charge in [0.15, 0.2) is 0 Å². The van der Waals surface area contributed by atoms with Gasteiger partial charge in [-0.05, 0) is 23.8 Å². The minimum Gasteiger partial charge on any atom is -0.355 e. The molecule has 0 saturated heterocycles. The molecule has 1 amide bonds. The molecular formula is C16H12Cl3F3N2OS. The summed E-state index contributed by atoms with van der Waals surface area (Å²) >= 11 is 19.0. The lowest BCUT2D eigenvalue weighted by molar-refractivity contribution is -0.137. The molecule has 140 valence electrons. The smallest absolute Gasteiger partial charge is 0.355 e. The van der Waals surface area contributed by atoms with Crippen LogP contribution < -0.4 is 5.32 Å². The number of thioether (sulfide) groups is 1. The third-order valence-electron chi connectivity index (χ3n) is 3.20. The Balaban J connectivity index is 1.83. The number of carbonyl (C=O) groups is 1. The Morgan fingerprint density at radius 3 is 2.38 bits per heavy atom. The van der Waals surface area contributed by atoms with Gasteiger partial charge in [0, 0.05) is 28.5 Å². The number of nitrogens with zero attached hydrogens (tertiary/aromatic N) is 1. The first-order chi connectivity index (χ1) is 12.2. The molecule has 3 nitrogen and oxygen atoms in total. The van der Waals surface area contributed by atoms with E-state index in [0.717, 1.165) is 24.0 Å². The number of pyridine rings is 1. The minimum absolute atomic E-state index is 0.0302. The number of alkyl halides is 3. The SMILES string of the molecule is O=C(Cc1c(Cl)cccc1Cl)NCCSc1ncc(C(F)(F)F)cc1Cl. The minimum atomic E-state index is -4.49. The van der Waals surface area contributed by atoms with Crippen LogP contribution in [0.4, 0.5) is 13.2 Å². The molecule has 0 aliphatic heterocycles. The number of hydrogen-bond acceptors (Lipinski definition) is 3. The first-order valence-electron chi connectivity index (χ1n) is 7.23. The predicted molar refractivity (Wildman–Crippen MR) is 98.1 cm³/mol. The molecule has 0 saturated carbocycles. The average molecular weight is 444 g/mol. The van der Waals surface area contributed by atoms with Crippen molar-refractivity contribution in [3.63, 3.8) is 0 Å². The van der Waals surface area contributed by atoms with Gasteiger partial charge < -0.3 is 5.32 Å². The monoisotopic (exact) mass is 442 g/mol. The van der Waals surface area contributed by atoms with E-state index < -0.39 is 11.7 Å². The Morgan fingerprint density at radius 2 is 1.81 bits per heavy atom. The molecule has 0 radical (unpaired) electrons. The van der Waals surface area contributed by atoms with Crippen LogP contribution in [-0.4, -0.2) is 23.2 Å². The Hall–Kier alpha value is -1.15. The summed E-state index contributed by atoms with van der Waals surface area (Å²) in [6.07, 6.45) is -3.73. The molecule has 0 spiro atoms. The average Bonchev–Trinajstić information content (AvgIpc) is 2.55. The van der Waals surface area contributed by atoms with Crippen molar-refractivity contribution in [3.05, 3.63) is 56.7 Å². The number of benzene rings is 1. The fourth-order valence-electron chi connectivity index (χ4n) is 1.95. The van der Waals surface area contributed by atoms with E-state index in [4.69, 9.17) is 34.8 Å². The van der Waals surface area contributed by atoms with E-state index in [1.807, 2.05) is 0 Å². The molecule has 0 unspecified atom stereocenters. The molecule has 0 bridgehead atoms. The second-order valence-corrected chi connectivity index (χ2v) is 7.39. The van der Waals surface area contributed by atoms with Gasteiger partial charge in [-0.1, -0.05) is 40.9 Å². The number of nitrogens with one attached hydrogen (secondary N) is 1. The predicted octanol–water partition coefficient (Wildman–Crippen LogP) is 5.51. The van der Waals surface area contributed by atoms with Crippen LogP contribution in [0.25, 0.3) is 0 Å². The van der Waals surface area contributed by atoms with Crippen molar-refractivity contribution in [2.45, 2.75) is 17.6 Å². The van der Waals surface area contributed by atoms with Crippen LogP contribution in [0.2, 0.25) is 15.1 Å². The standard InChI is InChI=1S/C16H12Cl3F3N2OS/c17-11-2-1-3-12(18)10(11)7-14(25)23-4-5-26-15-13(19)6-9(8-24-15)16(20,21)22/h1-3,6,8H,4-5,7H2,(H,23,25). The zero-order chi connectivity index (χ0) is 19.3. The van der Waals surface area contributed by atoms with Crippen molar-refractivity contribution in [2.24, 2.45) is 0 Å². The van der Waals surface area contributed by atoms with Crippen LogP contribution in [0.1, 0.15) is 11.1 Å². The molecule has 0 fully saturated rings. The summed E-state index contributed by atoms with van der Waals surface area (Å²) in [4.78, 5) is 15.7. The zero-order valence-electron chi connectivity index (χ0n) is 13.0. The molecule has 2 rings (SSSR count). The van der Waals surface area contributed by atoms with E-state index >= 15 is 0 Å². The van der Waals surface area contributed by atoms with Crippen LogP contribution in [0.15, 0.2) is 35.5 Å². The van der Waals surface area contributed by atoms with E-state index in [1.54, 1.807) is 18.2 Å². The maximum atomic E-state index is 12.6. The van der Waals surface area contributed by atoms with Crippen molar-refractivity contribution in [1.29, 1.82) is 0 Å². The molecule has 1 heterocycles. The van der Waals surface area contributed by atoms with Crippen molar-refractivity contribution in [2.75, 3.05) is 12.3 Å². The van der Waals surface area contributed by atoms with Crippen molar-refractivity contribution in [3.8, 4) is 0 Å². The van der Waals surface area contributed by atoms with E-state index in [1.165, 1.54) is 0 Å². The summed E-state index contributed by atoms with van der Waals surface area (Å²) in [5.74, 6) is 0.118. The van der Waals surface area contributed by atoms with Gasteiger partial charge in [0.05, 0.1) is 17.0 Å². The van der Waals surface area contributed by atoms with Gasteiger partial charge >= 0.3 is 6.18 Å². The quantitative estimate of drug-likeness (QED) is 0.473. The highest BCUT2D eigenvalue weighted by Crippen LogP contribution is 2.33. The van der Waals surface area contributed by atoms with Gasteiger partial charge in [-0.3, -0.25) is 4.79 Å². The largest absolute Gasteiger partial charge is 0.417 e. The molecule has 0 aliphatic carbocycles. The lowest BCUT2D eigenvalue weighted by Crippen LogP contribution is -2.27. The third-order valence-corrected chi connectivity index (χ3v) is 5.31. The van der Waals surface area contributed by atoms with Crippen molar-refractivity contribution >= 4 is 52.5 Å². The van der Waals surface area contributed by atoms with E-state index in [2.05, 4.69) is 10.3 Å². The van der Waals surface area contributed by atoms with E-state index in [-0.39, 0.29) is 28.9 Å². The van der Waals surface area contributed by atoms with Crippen molar-refractivity contribution < 1.29 is 18.0 Å². The Kier molecular flexibility index (Phi) is 7.46. The van der Waals surface area contributed by atoms with Gasteiger partial charge in [-0.2, -0.15) is 13.2 Å². The molecule has 1 aromatic carbocycles. The second kappa shape index (κ2) is 9.17. The van der Waals surface area contributed by atoms with Crippen LogP contribution in [0, 0.1) is 0 Å². The molecule has 2 aromatic rings. The molecule has 1 N–H and O–H groups in total. The van der Waals surface area contributed by atoms with Crippen LogP contribution in [0.5, 0.6) is 0 Å². The van der Waals surface area contributed by atoms with Crippen LogP contribution in [0.3, 0.4) is 0 Å². The fourth-order valence-corrected chi connectivity index (χ4v) is 3.53. The lowest BCUT2D eigenvalue weighted by Gasteiger charge is -2.10. The number of carbonyl (C=O) groups excluding carboxylic acids is 1. The lowest BCUT2D eigenvalue weighted by atomic mass is 10.1. The first kappa shape index (κ1) is 21.2. The van der Waals surface area contributed by atoms with Crippen LogP contribution >= 0.6 is 46.6 Å². The molecular weight excluding hydrogens is 432 g/mol. The molecule has 10 heteroatoms. The number of rotatable bonds is 6. The highest BCUT2D eigenvalue weighted by molar-refractivity contribution is 7.99. The number of halogens is 6. The first-order valence-corrected chi connectivity index (χ1v) is 9.35. The van der Waals surface area contributed by atoms with E-state index in [9.17, 15) is 18.0 Å².